The number of aryl methyl sites for hydroxylation is 2. The van der Waals surface area contributed by atoms with Crippen molar-refractivity contribution >= 4 is 27.7 Å². The number of carbonyl (C=O) groups excluding carboxylic acids is 2. The van der Waals surface area contributed by atoms with Gasteiger partial charge in [0.15, 0.2) is 0 Å². The highest BCUT2D eigenvalue weighted by atomic mass is 79.9. The predicted octanol–water partition coefficient (Wildman–Crippen LogP) is 4.06. The van der Waals surface area contributed by atoms with Crippen LogP contribution in [-0.2, 0) is 11.2 Å². The molecule has 0 bridgehead atoms. The molecule has 5 heteroatoms. The summed E-state index contributed by atoms with van der Waals surface area (Å²) >= 11 is 3.45. The molecule has 2 amide bonds. The lowest BCUT2D eigenvalue weighted by Crippen LogP contribution is -2.37. The van der Waals surface area contributed by atoms with E-state index in [4.69, 9.17) is 0 Å². The summed E-state index contributed by atoms with van der Waals surface area (Å²) < 4.78 is 0.810. The van der Waals surface area contributed by atoms with E-state index in [1.54, 1.807) is 0 Å². The third-order valence-corrected chi connectivity index (χ3v) is 5.68. The number of amides is 2. The molecule has 0 saturated carbocycles. The maximum Gasteiger partial charge on any atom is 0.255 e. The van der Waals surface area contributed by atoms with Gasteiger partial charge < -0.3 is 9.80 Å². The second kappa shape index (κ2) is 9.18. The third-order valence-electron chi connectivity index (χ3n) is 4.99. The Morgan fingerprint density at radius 2 is 1.59 bits per heavy atom. The lowest BCUT2D eigenvalue weighted by molar-refractivity contribution is -0.131. The number of halogens is 1. The van der Waals surface area contributed by atoms with Gasteiger partial charge in [0.05, 0.1) is 5.56 Å². The summed E-state index contributed by atoms with van der Waals surface area (Å²) in [6.45, 7) is 4.64. The molecule has 0 atom stereocenters. The van der Waals surface area contributed by atoms with E-state index in [2.05, 4.69) is 47.1 Å². The number of hydrogen-bond donors (Lipinski definition) is 0. The van der Waals surface area contributed by atoms with Crippen LogP contribution in [0, 0.1) is 6.92 Å². The fourth-order valence-corrected chi connectivity index (χ4v) is 3.79. The Kier molecular flexibility index (Phi) is 6.67. The average molecular weight is 429 g/mol. The number of nitrogens with zero attached hydrogens (tertiary/aromatic N) is 2. The van der Waals surface area contributed by atoms with Crippen LogP contribution in [0.5, 0.6) is 0 Å². The van der Waals surface area contributed by atoms with Crippen LogP contribution in [0.2, 0.25) is 0 Å². The zero-order chi connectivity index (χ0) is 19.2. The fraction of sp³-hybridized carbons (Fsp3) is 0.364. The molecule has 0 aromatic heterocycles. The van der Waals surface area contributed by atoms with Crippen molar-refractivity contribution in [3.05, 3.63) is 69.7 Å². The number of hydrogen-bond acceptors (Lipinski definition) is 2. The largest absolute Gasteiger partial charge is 0.341 e. The molecule has 1 aliphatic heterocycles. The summed E-state index contributed by atoms with van der Waals surface area (Å²) in [5.41, 5.74) is 3.10. The Balaban J connectivity index is 1.54. The number of carbonyl (C=O) groups is 2. The van der Waals surface area contributed by atoms with Crippen molar-refractivity contribution in [2.75, 3.05) is 26.2 Å². The Hall–Kier alpha value is -2.14. The minimum absolute atomic E-state index is 0.0245. The van der Waals surface area contributed by atoms with Gasteiger partial charge in [-0.2, -0.15) is 0 Å². The molecule has 2 aromatic rings. The zero-order valence-corrected chi connectivity index (χ0v) is 17.2. The first-order chi connectivity index (χ1) is 13.0. The zero-order valence-electron chi connectivity index (χ0n) is 15.7. The first-order valence-corrected chi connectivity index (χ1v) is 10.2. The minimum Gasteiger partial charge on any atom is -0.341 e. The van der Waals surface area contributed by atoms with Crippen molar-refractivity contribution < 1.29 is 9.59 Å². The summed E-state index contributed by atoms with van der Waals surface area (Å²) in [5, 5.41) is 0. The molecule has 1 saturated heterocycles. The van der Waals surface area contributed by atoms with Crippen molar-refractivity contribution in [2.24, 2.45) is 0 Å². The lowest BCUT2D eigenvalue weighted by atomic mass is 10.1. The van der Waals surface area contributed by atoms with E-state index in [0.29, 0.717) is 38.2 Å². The highest BCUT2D eigenvalue weighted by Gasteiger charge is 2.23. The molecule has 1 fully saturated rings. The van der Waals surface area contributed by atoms with Crippen molar-refractivity contribution in [2.45, 2.75) is 26.2 Å². The predicted molar refractivity (Wildman–Crippen MR) is 111 cm³/mol. The van der Waals surface area contributed by atoms with Gasteiger partial charge in [-0.3, -0.25) is 9.59 Å². The molecular formula is C22H25BrN2O2. The lowest BCUT2D eigenvalue weighted by Gasteiger charge is -2.22. The molecular weight excluding hydrogens is 404 g/mol. The van der Waals surface area contributed by atoms with Gasteiger partial charge in [-0.05, 0) is 53.4 Å². The van der Waals surface area contributed by atoms with Gasteiger partial charge in [0.2, 0.25) is 5.91 Å². The average Bonchev–Trinajstić information content (AvgIpc) is 2.93. The van der Waals surface area contributed by atoms with E-state index in [1.165, 1.54) is 11.1 Å². The van der Waals surface area contributed by atoms with E-state index in [-0.39, 0.29) is 11.8 Å². The van der Waals surface area contributed by atoms with Crippen molar-refractivity contribution in [3.8, 4) is 0 Å². The molecule has 3 rings (SSSR count). The van der Waals surface area contributed by atoms with Crippen LogP contribution >= 0.6 is 15.9 Å². The SMILES string of the molecule is Cc1ccc(CCC(=O)N2CCCN(C(=O)c3ccccc3Br)CC2)cc1. The van der Waals surface area contributed by atoms with Gasteiger partial charge in [0, 0.05) is 37.1 Å². The third kappa shape index (κ3) is 5.19. The molecule has 0 unspecified atom stereocenters. The van der Waals surface area contributed by atoms with Crippen LogP contribution in [-0.4, -0.2) is 47.8 Å². The topological polar surface area (TPSA) is 40.6 Å². The molecule has 0 N–H and O–H groups in total. The molecule has 0 aliphatic carbocycles. The summed E-state index contributed by atoms with van der Waals surface area (Å²) in [6, 6.07) is 15.8. The Labute approximate surface area is 169 Å². The van der Waals surface area contributed by atoms with Crippen LogP contribution in [0.25, 0.3) is 0 Å². The Morgan fingerprint density at radius 1 is 0.926 bits per heavy atom. The van der Waals surface area contributed by atoms with E-state index < -0.39 is 0 Å². The van der Waals surface area contributed by atoms with Crippen molar-refractivity contribution in [1.29, 1.82) is 0 Å². The molecule has 4 nitrogen and oxygen atoms in total. The van der Waals surface area contributed by atoms with E-state index in [9.17, 15) is 9.59 Å². The van der Waals surface area contributed by atoms with Gasteiger partial charge >= 0.3 is 0 Å². The van der Waals surface area contributed by atoms with Gasteiger partial charge in [-0.25, -0.2) is 0 Å². The second-order valence-electron chi connectivity index (χ2n) is 6.99. The van der Waals surface area contributed by atoms with Gasteiger partial charge in [0.1, 0.15) is 0 Å². The highest BCUT2D eigenvalue weighted by molar-refractivity contribution is 9.10. The molecule has 142 valence electrons. The van der Waals surface area contributed by atoms with Crippen molar-refractivity contribution in [3.63, 3.8) is 0 Å². The minimum atomic E-state index is 0.0245. The normalized spacial score (nSPS) is 14.7. The first kappa shape index (κ1) is 19.6. The standard InChI is InChI=1S/C22H25BrN2O2/c1-17-7-9-18(10-8-17)11-12-21(26)24-13-4-14-25(16-15-24)22(27)19-5-2-3-6-20(19)23/h2-3,5-10H,4,11-16H2,1H3. The summed E-state index contributed by atoms with van der Waals surface area (Å²) in [5.74, 6) is 0.196. The van der Waals surface area contributed by atoms with Crippen LogP contribution in [0.15, 0.2) is 53.0 Å². The van der Waals surface area contributed by atoms with E-state index in [1.807, 2.05) is 34.1 Å². The summed E-state index contributed by atoms with van der Waals surface area (Å²) in [4.78, 5) is 29.1. The fourth-order valence-electron chi connectivity index (χ4n) is 3.34. The summed E-state index contributed by atoms with van der Waals surface area (Å²) in [6.07, 6.45) is 2.09. The Morgan fingerprint density at radius 3 is 2.33 bits per heavy atom. The van der Waals surface area contributed by atoms with Crippen LogP contribution in [0.1, 0.15) is 34.3 Å². The van der Waals surface area contributed by atoms with Crippen LogP contribution in [0.3, 0.4) is 0 Å². The smallest absolute Gasteiger partial charge is 0.255 e. The molecule has 27 heavy (non-hydrogen) atoms. The monoisotopic (exact) mass is 428 g/mol. The molecule has 0 spiro atoms. The molecule has 2 aromatic carbocycles. The first-order valence-electron chi connectivity index (χ1n) is 9.42. The second-order valence-corrected chi connectivity index (χ2v) is 7.85. The van der Waals surface area contributed by atoms with Gasteiger partial charge in [-0.1, -0.05) is 42.0 Å². The molecule has 1 aliphatic rings. The maximum absolute atomic E-state index is 12.8. The quantitative estimate of drug-likeness (QED) is 0.736. The van der Waals surface area contributed by atoms with E-state index >= 15 is 0 Å². The number of rotatable bonds is 4. The van der Waals surface area contributed by atoms with Crippen LogP contribution in [0.4, 0.5) is 0 Å². The molecule has 1 heterocycles. The molecule has 0 radical (unpaired) electrons. The maximum atomic E-state index is 12.8. The highest BCUT2D eigenvalue weighted by Crippen LogP contribution is 2.19. The van der Waals surface area contributed by atoms with Gasteiger partial charge in [-0.15, -0.1) is 0 Å². The van der Waals surface area contributed by atoms with Crippen molar-refractivity contribution in [1.82, 2.24) is 9.80 Å². The van der Waals surface area contributed by atoms with Crippen LogP contribution < -0.4 is 0 Å². The van der Waals surface area contributed by atoms with Gasteiger partial charge in [0.25, 0.3) is 5.91 Å². The summed E-state index contributed by atoms with van der Waals surface area (Å²) in [7, 11) is 0. The van der Waals surface area contributed by atoms with E-state index in [0.717, 1.165) is 17.3 Å². The number of benzene rings is 2. The Bertz CT molecular complexity index is 804.